The number of rotatable bonds is 10. The van der Waals surface area contributed by atoms with E-state index in [0.29, 0.717) is 30.1 Å². The Bertz CT molecular complexity index is 1120. The predicted octanol–water partition coefficient (Wildman–Crippen LogP) is 3.20. The maximum absolute atomic E-state index is 14.6. The quantitative estimate of drug-likeness (QED) is 0.458. The van der Waals surface area contributed by atoms with Crippen molar-refractivity contribution in [2.45, 2.75) is 57.4 Å². The van der Waals surface area contributed by atoms with Gasteiger partial charge in [-0.05, 0) is 37.3 Å². The van der Waals surface area contributed by atoms with Gasteiger partial charge in [-0.15, -0.1) is 13.2 Å². The van der Waals surface area contributed by atoms with Crippen LogP contribution in [-0.4, -0.2) is 83.2 Å². The van der Waals surface area contributed by atoms with Crippen molar-refractivity contribution in [2.75, 3.05) is 31.6 Å². The van der Waals surface area contributed by atoms with Crippen LogP contribution < -0.4 is 4.90 Å². The lowest BCUT2D eigenvalue weighted by Crippen LogP contribution is -2.60. The maximum Gasteiger partial charge on any atom is 0.253 e. The summed E-state index contributed by atoms with van der Waals surface area (Å²) in [5.41, 5.74) is 0.170. The van der Waals surface area contributed by atoms with Crippen LogP contribution in [0.15, 0.2) is 43.5 Å². The molecule has 3 aliphatic rings. The van der Waals surface area contributed by atoms with Crippen molar-refractivity contribution in [3.63, 3.8) is 0 Å². The summed E-state index contributed by atoms with van der Waals surface area (Å²) >= 11 is 6.60. The van der Waals surface area contributed by atoms with Crippen LogP contribution in [0.3, 0.4) is 0 Å². The van der Waals surface area contributed by atoms with E-state index in [4.69, 9.17) is 16.3 Å². The molecule has 0 aromatic heterocycles. The number of anilines is 1. The first-order valence-corrected chi connectivity index (χ1v) is 13.6. The molecular weight excluding hydrogens is 506 g/mol. The Kier molecular flexibility index (Phi) is 8.07. The topological polar surface area (TPSA) is 90.4 Å². The molecule has 2 bridgehead atoms. The highest BCUT2D eigenvalue weighted by Gasteiger charge is 2.75. The third-order valence-corrected chi connectivity index (χ3v) is 8.69. The summed E-state index contributed by atoms with van der Waals surface area (Å²) in [6.45, 7) is 13.4. The van der Waals surface area contributed by atoms with Gasteiger partial charge in [0, 0.05) is 20.1 Å². The van der Waals surface area contributed by atoms with Crippen molar-refractivity contribution in [1.29, 1.82) is 0 Å². The lowest BCUT2D eigenvalue weighted by Gasteiger charge is -2.40. The van der Waals surface area contributed by atoms with E-state index in [2.05, 4.69) is 13.2 Å². The molecule has 3 aliphatic heterocycles. The van der Waals surface area contributed by atoms with Gasteiger partial charge in [0.2, 0.25) is 11.8 Å². The molecule has 1 N–H and O–H groups in total. The molecule has 4 rings (SSSR count). The monoisotopic (exact) mass is 543 g/mol. The van der Waals surface area contributed by atoms with Crippen LogP contribution in [0.4, 0.5) is 5.69 Å². The van der Waals surface area contributed by atoms with Gasteiger partial charge in [0.15, 0.2) is 0 Å². The third-order valence-electron chi connectivity index (χ3n) is 8.39. The van der Waals surface area contributed by atoms with Gasteiger partial charge in [0.25, 0.3) is 5.91 Å². The van der Waals surface area contributed by atoms with Crippen molar-refractivity contribution < 1.29 is 24.2 Å². The summed E-state index contributed by atoms with van der Waals surface area (Å²) in [5.74, 6) is -2.54. The van der Waals surface area contributed by atoms with Crippen molar-refractivity contribution in [1.82, 2.24) is 9.80 Å². The number of hydrogen-bond donors (Lipinski definition) is 1. The molecule has 1 aromatic carbocycles. The van der Waals surface area contributed by atoms with Crippen molar-refractivity contribution in [2.24, 2.45) is 17.8 Å². The van der Waals surface area contributed by atoms with Gasteiger partial charge >= 0.3 is 0 Å². The molecule has 2 unspecified atom stereocenters. The standard InChI is InChI=1S/C29H38ClN3O5/c1-7-14-31(6)26(35)22-21-12-13-29(38-21)23(22)27(36)33(20(16-34)17(3)4)25(29)28(37)32(15-8-2)24-18(5)10-9-11-19(24)30/h7-11,17,20-23,25,34H,1-2,12-16H2,3-6H3/t20-,21-,22+,23-,25?,29?/m0/s1. The van der Waals surface area contributed by atoms with Gasteiger partial charge in [0.1, 0.15) is 11.6 Å². The highest BCUT2D eigenvalue weighted by molar-refractivity contribution is 6.34. The van der Waals surface area contributed by atoms with Crippen LogP contribution in [0.5, 0.6) is 0 Å². The number of likely N-dealkylation sites (N-methyl/N-ethyl adjacent to an activating group) is 1. The lowest BCUT2D eigenvalue weighted by atomic mass is 9.70. The fourth-order valence-corrected chi connectivity index (χ4v) is 7.02. The molecule has 9 heteroatoms. The fourth-order valence-electron chi connectivity index (χ4n) is 6.70. The van der Waals surface area contributed by atoms with E-state index < -0.39 is 35.6 Å². The minimum Gasteiger partial charge on any atom is -0.394 e. The summed E-state index contributed by atoms with van der Waals surface area (Å²) in [5, 5.41) is 10.8. The van der Waals surface area contributed by atoms with Crippen molar-refractivity contribution >= 4 is 35.0 Å². The average Bonchev–Trinajstić information content (AvgIpc) is 3.51. The highest BCUT2D eigenvalue weighted by atomic mass is 35.5. The first-order chi connectivity index (χ1) is 18.0. The number of aliphatic hydroxyl groups excluding tert-OH is 1. The number of carbonyl (C=O) groups is 3. The summed E-state index contributed by atoms with van der Waals surface area (Å²) < 4.78 is 6.56. The molecule has 3 saturated heterocycles. The summed E-state index contributed by atoms with van der Waals surface area (Å²) in [6, 6.07) is 3.76. The number of aryl methyl sites for hydroxylation is 1. The Morgan fingerprint density at radius 3 is 2.53 bits per heavy atom. The molecule has 6 atom stereocenters. The number of hydrogen-bond acceptors (Lipinski definition) is 5. The number of ether oxygens (including phenoxy) is 1. The Morgan fingerprint density at radius 2 is 1.95 bits per heavy atom. The third kappa shape index (κ3) is 4.27. The molecule has 38 heavy (non-hydrogen) atoms. The van der Waals surface area contributed by atoms with E-state index >= 15 is 0 Å². The summed E-state index contributed by atoms with van der Waals surface area (Å²) in [4.78, 5) is 47.1. The Morgan fingerprint density at radius 1 is 1.26 bits per heavy atom. The summed E-state index contributed by atoms with van der Waals surface area (Å²) in [6.07, 6.45) is 3.83. The van der Waals surface area contributed by atoms with E-state index in [1.54, 1.807) is 35.1 Å². The number of amides is 3. The van der Waals surface area contributed by atoms with E-state index in [1.807, 2.05) is 32.9 Å². The van der Waals surface area contributed by atoms with E-state index in [-0.39, 0.29) is 36.8 Å². The Balaban J connectivity index is 1.86. The minimum absolute atomic E-state index is 0.140. The normalized spacial score (nSPS) is 28.4. The number of halogens is 1. The van der Waals surface area contributed by atoms with Crippen molar-refractivity contribution in [3.8, 4) is 0 Å². The maximum atomic E-state index is 14.6. The number of benzene rings is 1. The molecule has 1 aromatic rings. The second-order valence-electron chi connectivity index (χ2n) is 10.9. The van der Waals surface area contributed by atoms with Gasteiger partial charge in [0.05, 0.1) is 41.3 Å². The number of nitrogens with zero attached hydrogens (tertiary/aromatic N) is 3. The molecule has 0 aliphatic carbocycles. The van der Waals surface area contributed by atoms with Crippen LogP contribution in [0.25, 0.3) is 0 Å². The minimum atomic E-state index is -1.18. The zero-order chi connectivity index (χ0) is 27.9. The number of aliphatic hydroxyl groups is 1. The van der Waals surface area contributed by atoms with Gasteiger partial charge < -0.3 is 24.5 Å². The second kappa shape index (κ2) is 10.8. The zero-order valence-corrected chi connectivity index (χ0v) is 23.4. The molecule has 1 spiro atoms. The van der Waals surface area contributed by atoms with Crippen LogP contribution in [0, 0.1) is 24.7 Å². The molecule has 8 nitrogen and oxygen atoms in total. The molecular formula is C29H38ClN3O5. The fraction of sp³-hybridized carbons (Fsp3) is 0.552. The van der Waals surface area contributed by atoms with Crippen LogP contribution in [0.1, 0.15) is 32.3 Å². The largest absolute Gasteiger partial charge is 0.394 e. The SMILES string of the molecule is C=CCN(C)C(=O)[C@@H]1[C@@H]2CCC3(O2)C(C(=O)N(CC=C)c2c(C)cccc2Cl)N([C@@H](CO)C(C)C)C(=O)[C@H]13. The average molecular weight is 544 g/mol. The molecule has 3 amide bonds. The molecule has 3 fully saturated rings. The molecule has 206 valence electrons. The number of para-hydroxylation sites is 1. The Hall–Kier alpha value is -2.68. The van der Waals surface area contributed by atoms with Gasteiger partial charge in [-0.25, -0.2) is 0 Å². The smallest absolute Gasteiger partial charge is 0.253 e. The van der Waals surface area contributed by atoms with E-state index in [1.165, 1.54) is 4.90 Å². The van der Waals surface area contributed by atoms with E-state index in [9.17, 15) is 19.5 Å². The number of fused-ring (bicyclic) bond motifs is 1. The molecule has 0 saturated carbocycles. The van der Waals surface area contributed by atoms with E-state index in [0.717, 1.165) is 5.56 Å². The second-order valence-corrected chi connectivity index (χ2v) is 11.4. The van der Waals surface area contributed by atoms with Crippen LogP contribution in [0.2, 0.25) is 5.02 Å². The molecule has 0 radical (unpaired) electrons. The van der Waals surface area contributed by atoms with Gasteiger partial charge in [-0.2, -0.15) is 0 Å². The van der Waals surface area contributed by atoms with Gasteiger partial charge in [-0.1, -0.05) is 49.7 Å². The number of carbonyl (C=O) groups excluding carboxylic acids is 3. The van der Waals surface area contributed by atoms with Crippen LogP contribution in [-0.2, 0) is 19.1 Å². The van der Waals surface area contributed by atoms with Crippen LogP contribution >= 0.6 is 11.6 Å². The molecule has 3 heterocycles. The predicted molar refractivity (Wildman–Crippen MR) is 147 cm³/mol. The Labute approximate surface area is 229 Å². The summed E-state index contributed by atoms with van der Waals surface area (Å²) in [7, 11) is 1.68. The number of likely N-dealkylation sites (tertiary alicyclic amines) is 1. The van der Waals surface area contributed by atoms with Gasteiger partial charge in [-0.3, -0.25) is 14.4 Å². The first kappa shape index (κ1) is 28.3. The highest BCUT2D eigenvalue weighted by Crippen LogP contribution is 2.59. The first-order valence-electron chi connectivity index (χ1n) is 13.2. The van der Waals surface area contributed by atoms with Crippen molar-refractivity contribution in [3.05, 3.63) is 54.1 Å². The lowest BCUT2D eigenvalue weighted by molar-refractivity contribution is -0.147. The zero-order valence-electron chi connectivity index (χ0n) is 22.6.